The van der Waals surface area contributed by atoms with Gasteiger partial charge in [0, 0.05) is 6.07 Å². The number of phenolic OH excluding ortho intramolecular Hbond substituents is 2. The molecule has 2 N–H and O–H groups in total. The van der Waals surface area contributed by atoms with E-state index in [1.54, 1.807) is 24.3 Å². The molecular weight excluding hydrogens is 312 g/mol. The second-order valence-electron chi connectivity index (χ2n) is 5.54. The Bertz CT molecular complexity index is 783. The summed E-state index contributed by atoms with van der Waals surface area (Å²) in [4.78, 5) is 12.8. The monoisotopic (exact) mass is 330 g/mol. The molecule has 1 aliphatic rings. The van der Waals surface area contributed by atoms with Crippen LogP contribution in [-0.2, 0) is 6.42 Å². The van der Waals surface area contributed by atoms with E-state index in [1.807, 2.05) is 0 Å². The van der Waals surface area contributed by atoms with Gasteiger partial charge in [-0.05, 0) is 18.1 Å². The highest BCUT2D eigenvalue weighted by molar-refractivity contribution is 6.05. The van der Waals surface area contributed by atoms with Crippen molar-refractivity contribution in [2.75, 3.05) is 20.8 Å². The van der Waals surface area contributed by atoms with E-state index in [-0.39, 0.29) is 41.0 Å². The number of hydrogen-bond acceptors (Lipinski definition) is 6. The van der Waals surface area contributed by atoms with Crippen LogP contribution in [0.15, 0.2) is 30.3 Å². The third-order valence-electron chi connectivity index (χ3n) is 4.12. The van der Waals surface area contributed by atoms with E-state index in [0.29, 0.717) is 17.7 Å². The molecule has 1 atom stereocenters. The highest BCUT2D eigenvalue weighted by Crippen LogP contribution is 2.47. The van der Waals surface area contributed by atoms with Crippen molar-refractivity contribution in [3.63, 3.8) is 0 Å². The maximum absolute atomic E-state index is 12.8. The van der Waals surface area contributed by atoms with Gasteiger partial charge in [-0.1, -0.05) is 18.2 Å². The average molecular weight is 330 g/mol. The van der Waals surface area contributed by atoms with Crippen LogP contribution in [0.5, 0.6) is 28.7 Å². The van der Waals surface area contributed by atoms with Crippen LogP contribution in [0.3, 0.4) is 0 Å². The summed E-state index contributed by atoms with van der Waals surface area (Å²) < 4.78 is 15.9. The van der Waals surface area contributed by atoms with E-state index in [4.69, 9.17) is 14.2 Å². The standard InChI is InChI=1S/C18H18O6/c1-22-14-8-13-15(17(21)18(14)23-2)16(20)11(9-24-13)7-10-5-3-4-6-12(10)19/h3-6,8,11,19,21H,7,9H2,1-2H3/t11-/m1/s1. The molecule has 6 heteroatoms. The Hall–Kier alpha value is -2.89. The van der Waals surface area contributed by atoms with Crippen LogP contribution in [-0.4, -0.2) is 36.8 Å². The Kier molecular flexibility index (Phi) is 4.20. The van der Waals surface area contributed by atoms with Crippen molar-refractivity contribution >= 4 is 5.78 Å². The molecule has 0 saturated carbocycles. The third kappa shape index (κ3) is 2.60. The van der Waals surface area contributed by atoms with Crippen molar-refractivity contribution in [1.82, 2.24) is 0 Å². The number of ketones is 1. The number of phenols is 2. The molecule has 0 aliphatic carbocycles. The van der Waals surface area contributed by atoms with Crippen LogP contribution in [0.4, 0.5) is 0 Å². The zero-order valence-corrected chi connectivity index (χ0v) is 13.4. The molecule has 3 rings (SSSR count). The zero-order chi connectivity index (χ0) is 17.3. The maximum atomic E-state index is 12.8. The summed E-state index contributed by atoms with van der Waals surface area (Å²) in [5.41, 5.74) is 0.738. The van der Waals surface area contributed by atoms with E-state index in [1.165, 1.54) is 20.3 Å². The Morgan fingerprint density at radius 2 is 1.96 bits per heavy atom. The van der Waals surface area contributed by atoms with Gasteiger partial charge in [0.2, 0.25) is 5.75 Å². The van der Waals surface area contributed by atoms with Crippen molar-refractivity contribution in [3.05, 3.63) is 41.5 Å². The number of ether oxygens (including phenoxy) is 3. The SMILES string of the molecule is COc1cc2c(c(O)c1OC)C(=O)[C@H](Cc1ccccc1O)CO2. The van der Waals surface area contributed by atoms with Crippen LogP contribution in [0.2, 0.25) is 0 Å². The van der Waals surface area contributed by atoms with E-state index in [9.17, 15) is 15.0 Å². The predicted molar refractivity (Wildman–Crippen MR) is 86.3 cm³/mol. The van der Waals surface area contributed by atoms with Gasteiger partial charge < -0.3 is 24.4 Å². The quantitative estimate of drug-likeness (QED) is 0.896. The van der Waals surface area contributed by atoms with Crippen LogP contribution in [0.25, 0.3) is 0 Å². The van der Waals surface area contributed by atoms with Crippen molar-refractivity contribution in [3.8, 4) is 28.7 Å². The van der Waals surface area contributed by atoms with Gasteiger partial charge in [-0.2, -0.15) is 0 Å². The fourth-order valence-electron chi connectivity index (χ4n) is 2.88. The lowest BCUT2D eigenvalue weighted by Gasteiger charge is -2.26. The molecule has 24 heavy (non-hydrogen) atoms. The smallest absolute Gasteiger partial charge is 0.204 e. The first-order chi connectivity index (χ1) is 11.6. The van der Waals surface area contributed by atoms with Crippen molar-refractivity contribution < 1.29 is 29.2 Å². The fourth-order valence-corrected chi connectivity index (χ4v) is 2.88. The Labute approximate surface area is 139 Å². The molecule has 0 fully saturated rings. The first-order valence-electron chi connectivity index (χ1n) is 7.48. The highest BCUT2D eigenvalue weighted by atomic mass is 16.5. The normalized spacial score (nSPS) is 16.2. The summed E-state index contributed by atoms with van der Waals surface area (Å²) in [5, 5.41) is 20.3. The maximum Gasteiger partial charge on any atom is 0.204 e. The van der Waals surface area contributed by atoms with Crippen molar-refractivity contribution in [2.24, 2.45) is 5.92 Å². The average Bonchev–Trinajstić information content (AvgIpc) is 2.58. The number of aromatic hydroxyl groups is 2. The number of fused-ring (bicyclic) bond motifs is 1. The van der Waals surface area contributed by atoms with E-state index in [0.717, 1.165) is 0 Å². The topological polar surface area (TPSA) is 85.2 Å². The summed E-state index contributed by atoms with van der Waals surface area (Å²) in [6.07, 6.45) is 0.318. The minimum Gasteiger partial charge on any atom is -0.508 e. The summed E-state index contributed by atoms with van der Waals surface area (Å²) >= 11 is 0. The Morgan fingerprint density at radius 3 is 2.62 bits per heavy atom. The molecule has 2 aromatic rings. The van der Waals surface area contributed by atoms with Crippen LogP contribution >= 0.6 is 0 Å². The molecule has 0 spiro atoms. The second kappa shape index (κ2) is 6.31. The first kappa shape index (κ1) is 16.0. The van der Waals surface area contributed by atoms with Gasteiger partial charge in [-0.25, -0.2) is 0 Å². The summed E-state index contributed by atoms with van der Waals surface area (Å²) in [6, 6.07) is 8.37. The number of Topliss-reactive ketones (excluding diaryl/α,β-unsaturated/α-hetero) is 1. The van der Waals surface area contributed by atoms with E-state index >= 15 is 0 Å². The molecule has 2 aromatic carbocycles. The number of rotatable bonds is 4. The fraction of sp³-hybridized carbons (Fsp3) is 0.278. The van der Waals surface area contributed by atoms with Gasteiger partial charge in [-0.15, -0.1) is 0 Å². The number of hydrogen-bond donors (Lipinski definition) is 2. The number of carbonyl (C=O) groups is 1. The first-order valence-corrected chi connectivity index (χ1v) is 7.48. The van der Waals surface area contributed by atoms with Gasteiger partial charge in [0.15, 0.2) is 17.3 Å². The summed E-state index contributed by atoms with van der Waals surface area (Å²) in [6.45, 7) is 0.162. The molecule has 126 valence electrons. The van der Waals surface area contributed by atoms with E-state index < -0.39 is 5.92 Å². The highest BCUT2D eigenvalue weighted by Gasteiger charge is 2.35. The minimum absolute atomic E-state index is 0.0827. The largest absolute Gasteiger partial charge is 0.508 e. The lowest BCUT2D eigenvalue weighted by atomic mass is 9.88. The molecule has 0 radical (unpaired) electrons. The Morgan fingerprint density at radius 1 is 1.21 bits per heavy atom. The molecule has 0 unspecified atom stereocenters. The summed E-state index contributed by atoms with van der Waals surface area (Å²) in [5.74, 6) is -0.264. The molecule has 1 heterocycles. The molecule has 1 aliphatic heterocycles. The van der Waals surface area contributed by atoms with Crippen molar-refractivity contribution in [2.45, 2.75) is 6.42 Å². The van der Waals surface area contributed by atoms with Gasteiger partial charge >= 0.3 is 0 Å². The Balaban J connectivity index is 1.97. The van der Waals surface area contributed by atoms with E-state index in [2.05, 4.69) is 0 Å². The number of carbonyl (C=O) groups excluding carboxylic acids is 1. The lowest BCUT2D eigenvalue weighted by Crippen LogP contribution is -2.29. The second-order valence-corrected chi connectivity index (χ2v) is 5.54. The predicted octanol–water partition coefficient (Wildman–Crippen LogP) is 2.55. The number of methoxy groups -OCH3 is 2. The van der Waals surface area contributed by atoms with Crippen molar-refractivity contribution in [1.29, 1.82) is 0 Å². The van der Waals surface area contributed by atoms with Crippen LogP contribution in [0, 0.1) is 5.92 Å². The van der Waals surface area contributed by atoms with Gasteiger partial charge in [0.1, 0.15) is 17.1 Å². The summed E-state index contributed by atoms with van der Waals surface area (Å²) in [7, 11) is 2.83. The van der Waals surface area contributed by atoms with Gasteiger partial charge in [0.05, 0.1) is 26.7 Å². The molecular formula is C18H18O6. The van der Waals surface area contributed by atoms with Gasteiger partial charge in [0.25, 0.3) is 0 Å². The van der Waals surface area contributed by atoms with Crippen LogP contribution < -0.4 is 14.2 Å². The molecule has 0 amide bonds. The lowest BCUT2D eigenvalue weighted by molar-refractivity contribution is 0.0824. The zero-order valence-electron chi connectivity index (χ0n) is 13.4. The van der Waals surface area contributed by atoms with Gasteiger partial charge in [-0.3, -0.25) is 4.79 Å². The van der Waals surface area contributed by atoms with Crippen LogP contribution in [0.1, 0.15) is 15.9 Å². The third-order valence-corrected chi connectivity index (χ3v) is 4.12. The molecule has 0 aromatic heterocycles. The number of para-hydroxylation sites is 1. The molecule has 6 nitrogen and oxygen atoms in total. The number of benzene rings is 2. The minimum atomic E-state index is -0.505. The molecule has 0 bridgehead atoms. The molecule has 0 saturated heterocycles.